The molecular weight excluding hydrogens is 482 g/mol. The first-order valence-corrected chi connectivity index (χ1v) is 14.0. The summed E-state index contributed by atoms with van der Waals surface area (Å²) in [5.41, 5.74) is -0.194. The predicted octanol–water partition coefficient (Wildman–Crippen LogP) is 2.93. The normalized spacial score (nSPS) is 20.7. The zero-order chi connectivity index (χ0) is 22.2. The van der Waals surface area contributed by atoms with Gasteiger partial charge in [-0.1, -0.05) is 51.9 Å². The van der Waals surface area contributed by atoms with E-state index in [1.807, 2.05) is 62.4 Å². The summed E-state index contributed by atoms with van der Waals surface area (Å²) >= 11 is 2.37. The monoisotopic (exact) mass is 503 g/mol. The zero-order valence-electron chi connectivity index (χ0n) is 16.7. The van der Waals surface area contributed by atoms with E-state index in [0.29, 0.717) is 13.1 Å². The van der Waals surface area contributed by atoms with Gasteiger partial charge in [0.25, 0.3) is 0 Å². The third-order valence-corrected chi connectivity index (χ3v) is 9.67. The number of thioether (sulfide) groups is 2. The summed E-state index contributed by atoms with van der Waals surface area (Å²) in [6.07, 6.45) is 0. The summed E-state index contributed by atoms with van der Waals surface area (Å²) in [5, 5.41) is 0. The van der Waals surface area contributed by atoms with E-state index >= 15 is 0 Å². The van der Waals surface area contributed by atoms with Gasteiger partial charge >= 0.3 is 20.6 Å². The molecule has 2 aliphatic heterocycles. The Hall–Kier alpha value is -1.48. The van der Waals surface area contributed by atoms with Crippen LogP contribution in [0.15, 0.2) is 58.3 Å². The van der Waals surface area contributed by atoms with Gasteiger partial charge in [-0.25, -0.2) is 8.37 Å². The number of benzene rings is 2. The van der Waals surface area contributed by atoms with Crippen molar-refractivity contribution in [1.82, 2.24) is 4.13 Å². The second-order valence-electron chi connectivity index (χ2n) is 6.54. The average Bonchev–Trinajstić information content (AvgIpc) is 3.22. The highest BCUT2D eigenvalue weighted by molar-refractivity contribution is 8.03. The molecule has 4 rings (SSSR count). The fourth-order valence-electron chi connectivity index (χ4n) is 3.32. The Morgan fingerprint density at radius 3 is 1.55 bits per heavy atom. The van der Waals surface area contributed by atoms with Gasteiger partial charge < -0.3 is 9.80 Å². The molecule has 0 aromatic heterocycles. The van der Waals surface area contributed by atoms with Crippen LogP contribution in [0.5, 0.6) is 0 Å². The molecule has 2 atom stereocenters. The molecule has 0 saturated carbocycles. The predicted molar refractivity (Wildman–Crippen MR) is 121 cm³/mol. The maximum absolute atomic E-state index is 12.5. The molecule has 31 heavy (non-hydrogen) atoms. The van der Waals surface area contributed by atoms with Gasteiger partial charge in [0.05, 0.1) is 11.4 Å². The van der Waals surface area contributed by atoms with Crippen molar-refractivity contribution in [2.24, 2.45) is 0 Å². The number of hydrogen-bond acceptors (Lipinski definition) is 10. The maximum Gasteiger partial charge on any atom is 0.353 e. The second-order valence-corrected chi connectivity index (χ2v) is 11.6. The zero-order valence-corrected chi connectivity index (χ0v) is 19.9. The Morgan fingerprint density at radius 2 is 1.16 bits per heavy atom. The number of nitrogens with one attached hydrogen (secondary N) is 1. The van der Waals surface area contributed by atoms with Crippen molar-refractivity contribution in [3.05, 3.63) is 48.5 Å². The van der Waals surface area contributed by atoms with Crippen LogP contribution in [0.2, 0.25) is 0 Å². The molecule has 2 aromatic rings. The number of para-hydroxylation sites is 2. The molecule has 0 radical (unpaired) electrons. The minimum Gasteiger partial charge on any atom is -0.336 e. The summed E-state index contributed by atoms with van der Waals surface area (Å²) in [5.74, 6) is 0. The SMILES string of the molecule is CCN1c2ccccc2SC1OS(=O)(=O)NS(=O)(=O)OC1Sc2ccccc2N1CC. The van der Waals surface area contributed by atoms with E-state index in [1.54, 1.807) is 13.9 Å². The third-order valence-electron chi connectivity index (χ3n) is 4.62. The fourth-order valence-corrected chi connectivity index (χ4v) is 8.35. The first-order chi connectivity index (χ1) is 14.7. The van der Waals surface area contributed by atoms with Crippen LogP contribution in [0.25, 0.3) is 0 Å². The van der Waals surface area contributed by atoms with Crippen LogP contribution in [0, 0.1) is 0 Å². The maximum atomic E-state index is 12.5. The van der Waals surface area contributed by atoms with Gasteiger partial charge in [-0.2, -0.15) is 16.8 Å². The Bertz CT molecular complexity index is 1080. The molecule has 0 spiro atoms. The van der Waals surface area contributed by atoms with Gasteiger partial charge in [-0.3, -0.25) is 0 Å². The van der Waals surface area contributed by atoms with Crippen LogP contribution in [0.3, 0.4) is 0 Å². The van der Waals surface area contributed by atoms with Crippen molar-refractivity contribution in [3.63, 3.8) is 0 Å². The number of hydrogen-bond donors (Lipinski definition) is 1. The van der Waals surface area contributed by atoms with Crippen molar-refractivity contribution < 1.29 is 25.2 Å². The van der Waals surface area contributed by atoms with Crippen molar-refractivity contribution in [2.45, 2.75) is 34.8 Å². The van der Waals surface area contributed by atoms with Gasteiger partial charge in [0.2, 0.25) is 11.1 Å². The molecule has 13 heteroatoms. The van der Waals surface area contributed by atoms with E-state index in [-0.39, 0.29) is 0 Å². The van der Waals surface area contributed by atoms with E-state index in [1.165, 1.54) is 23.5 Å². The highest BCUT2D eigenvalue weighted by Gasteiger charge is 2.38. The van der Waals surface area contributed by atoms with Crippen LogP contribution >= 0.6 is 23.5 Å². The van der Waals surface area contributed by atoms with Gasteiger partial charge in [0.1, 0.15) is 0 Å². The van der Waals surface area contributed by atoms with E-state index < -0.39 is 31.7 Å². The molecule has 0 aliphatic carbocycles. The molecule has 9 nitrogen and oxygen atoms in total. The standard InChI is InChI=1S/C18H21N3O6S4/c1-3-20-13-9-5-7-11-15(13)28-17(20)26-30(22,23)19-31(24,25)27-18-21(4-2)14-10-6-8-12-16(14)29-18/h5-12,17-19H,3-4H2,1-2H3. The summed E-state index contributed by atoms with van der Waals surface area (Å²) in [6.45, 7) is 4.67. The van der Waals surface area contributed by atoms with Crippen molar-refractivity contribution in [3.8, 4) is 0 Å². The van der Waals surface area contributed by atoms with Crippen LogP contribution < -0.4 is 13.9 Å². The molecule has 0 bridgehead atoms. The minimum atomic E-state index is -4.67. The quantitative estimate of drug-likeness (QED) is 0.578. The molecule has 2 aromatic carbocycles. The number of nitrogens with zero attached hydrogens (tertiary/aromatic N) is 2. The largest absolute Gasteiger partial charge is 0.353 e. The van der Waals surface area contributed by atoms with Crippen molar-refractivity contribution >= 4 is 55.5 Å². The highest BCUT2D eigenvalue weighted by atomic mass is 32.3. The fraction of sp³-hybridized carbons (Fsp3) is 0.333. The van der Waals surface area contributed by atoms with Gasteiger partial charge in [0, 0.05) is 22.9 Å². The second kappa shape index (κ2) is 8.81. The molecule has 0 saturated heterocycles. The molecule has 168 valence electrons. The molecule has 2 aliphatic rings. The third kappa shape index (κ3) is 4.82. The van der Waals surface area contributed by atoms with Crippen LogP contribution in [-0.2, 0) is 29.0 Å². The number of fused-ring (bicyclic) bond motifs is 2. The lowest BCUT2D eigenvalue weighted by Crippen LogP contribution is -2.42. The summed E-state index contributed by atoms with van der Waals surface area (Å²) in [7, 11) is -9.34. The highest BCUT2D eigenvalue weighted by Crippen LogP contribution is 2.45. The molecule has 1 N–H and O–H groups in total. The lowest BCUT2D eigenvalue weighted by molar-refractivity contribution is 0.273. The summed E-state index contributed by atoms with van der Waals surface area (Å²) in [6, 6.07) is 14.7. The topological polar surface area (TPSA) is 105 Å². The Balaban J connectivity index is 1.45. The number of rotatable bonds is 8. The van der Waals surface area contributed by atoms with Crippen LogP contribution in [0.1, 0.15) is 13.8 Å². The first kappa shape index (κ1) is 22.7. The number of anilines is 2. The van der Waals surface area contributed by atoms with Crippen LogP contribution in [0.4, 0.5) is 11.4 Å². The van der Waals surface area contributed by atoms with E-state index in [2.05, 4.69) is 0 Å². The van der Waals surface area contributed by atoms with Crippen molar-refractivity contribution in [2.75, 3.05) is 22.9 Å². The lowest BCUT2D eigenvalue weighted by Gasteiger charge is -2.25. The van der Waals surface area contributed by atoms with Crippen molar-refractivity contribution in [1.29, 1.82) is 0 Å². The Labute approximate surface area is 190 Å². The molecular formula is C18H21N3O6S4. The van der Waals surface area contributed by atoms with E-state index in [4.69, 9.17) is 8.37 Å². The summed E-state index contributed by atoms with van der Waals surface area (Å²) in [4.78, 5) is 5.16. The Kier molecular flexibility index (Phi) is 6.45. The average molecular weight is 504 g/mol. The lowest BCUT2D eigenvalue weighted by atomic mass is 10.3. The molecule has 0 fully saturated rings. The molecule has 0 amide bonds. The minimum absolute atomic E-state index is 0.482. The van der Waals surface area contributed by atoms with Gasteiger partial charge in [-0.15, -0.1) is 0 Å². The van der Waals surface area contributed by atoms with E-state index in [0.717, 1.165) is 21.2 Å². The van der Waals surface area contributed by atoms with E-state index in [9.17, 15) is 16.8 Å². The van der Waals surface area contributed by atoms with Gasteiger partial charge in [-0.05, 0) is 38.1 Å². The molecule has 2 unspecified atom stereocenters. The van der Waals surface area contributed by atoms with Gasteiger partial charge in [0.15, 0.2) is 0 Å². The smallest absolute Gasteiger partial charge is 0.336 e. The summed E-state index contributed by atoms with van der Waals surface area (Å²) < 4.78 is 61.9. The Morgan fingerprint density at radius 1 is 0.774 bits per heavy atom. The van der Waals surface area contributed by atoms with Crippen LogP contribution in [-0.4, -0.2) is 41.0 Å². The first-order valence-electron chi connectivity index (χ1n) is 9.42. The molecule has 2 heterocycles.